The van der Waals surface area contributed by atoms with Crippen LogP contribution in [-0.2, 0) is 4.79 Å². The highest BCUT2D eigenvalue weighted by molar-refractivity contribution is 9.11. The SMILES string of the molecule is C[C@H](NC(=O)CSc1nc2ccc(N=Cc3cc(Br)cc(Br)c3O)cc2s1)c1ccccc1. The van der Waals surface area contributed by atoms with E-state index in [1.165, 1.54) is 23.1 Å². The number of aliphatic imine (C=N–C) groups is 1. The van der Waals surface area contributed by atoms with Crippen LogP contribution in [0.1, 0.15) is 24.1 Å². The van der Waals surface area contributed by atoms with Gasteiger partial charge in [0.1, 0.15) is 5.75 Å². The molecule has 4 aromatic rings. The van der Waals surface area contributed by atoms with Gasteiger partial charge in [0.15, 0.2) is 4.34 Å². The Kier molecular flexibility index (Phi) is 7.85. The molecule has 1 amide bonds. The Balaban J connectivity index is 1.40. The average molecular weight is 605 g/mol. The lowest BCUT2D eigenvalue weighted by Gasteiger charge is -2.13. The van der Waals surface area contributed by atoms with Crippen LogP contribution in [0.4, 0.5) is 5.69 Å². The van der Waals surface area contributed by atoms with Crippen molar-refractivity contribution in [2.75, 3.05) is 5.75 Å². The number of carbonyl (C=O) groups is 1. The van der Waals surface area contributed by atoms with Crippen LogP contribution in [0.3, 0.4) is 0 Å². The second kappa shape index (κ2) is 10.8. The fourth-order valence-corrected chi connectivity index (χ4v) is 6.27. The Hall–Kier alpha value is -2.20. The maximum atomic E-state index is 12.4. The minimum absolute atomic E-state index is 0.0270. The molecule has 2 N–H and O–H groups in total. The third-order valence-corrected chi connectivity index (χ3v) is 7.99. The van der Waals surface area contributed by atoms with Gasteiger partial charge in [-0.3, -0.25) is 9.79 Å². The summed E-state index contributed by atoms with van der Waals surface area (Å²) in [5.74, 6) is 0.416. The number of nitrogens with one attached hydrogen (secondary N) is 1. The number of hydrogen-bond donors (Lipinski definition) is 2. The molecular weight excluding hydrogens is 586 g/mol. The molecule has 0 aliphatic rings. The number of benzene rings is 3. The summed E-state index contributed by atoms with van der Waals surface area (Å²) in [4.78, 5) is 21.5. The minimum atomic E-state index is -0.0413. The number of halogens is 2. The van der Waals surface area contributed by atoms with Gasteiger partial charge in [-0.25, -0.2) is 4.98 Å². The molecule has 4 rings (SSSR count). The van der Waals surface area contributed by atoms with E-state index in [1.54, 1.807) is 18.3 Å². The van der Waals surface area contributed by atoms with Crippen molar-refractivity contribution in [3.8, 4) is 5.75 Å². The number of thiazole rings is 1. The zero-order valence-corrected chi connectivity index (χ0v) is 22.3. The van der Waals surface area contributed by atoms with Gasteiger partial charge in [-0.1, -0.05) is 58.0 Å². The van der Waals surface area contributed by atoms with Crippen LogP contribution in [-0.4, -0.2) is 28.0 Å². The van der Waals surface area contributed by atoms with E-state index in [-0.39, 0.29) is 17.7 Å². The number of fused-ring (bicyclic) bond motifs is 1. The molecule has 0 aliphatic carbocycles. The number of phenolic OH excluding ortho intramolecular Hbond substituents is 1. The number of amides is 1. The van der Waals surface area contributed by atoms with Crippen molar-refractivity contribution in [2.45, 2.75) is 17.3 Å². The summed E-state index contributed by atoms with van der Waals surface area (Å²) in [6.45, 7) is 1.98. The summed E-state index contributed by atoms with van der Waals surface area (Å²) in [6.07, 6.45) is 1.63. The van der Waals surface area contributed by atoms with Crippen molar-refractivity contribution in [3.63, 3.8) is 0 Å². The topological polar surface area (TPSA) is 74.6 Å². The molecule has 5 nitrogen and oxygen atoms in total. The number of aromatic hydroxyl groups is 1. The van der Waals surface area contributed by atoms with Crippen LogP contribution < -0.4 is 5.32 Å². The number of aromatic nitrogens is 1. The molecule has 1 heterocycles. The van der Waals surface area contributed by atoms with Gasteiger partial charge in [0.2, 0.25) is 5.91 Å². The monoisotopic (exact) mass is 603 g/mol. The Morgan fingerprint density at radius 2 is 2.00 bits per heavy atom. The van der Waals surface area contributed by atoms with Crippen molar-refractivity contribution < 1.29 is 9.90 Å². The Bertz CT molecular complexity index is 1330. The maximum absolute atomic E-state index is 12.4. The highest BCUT2D eigenvalue weighted by atomic mass is 79.9. The molecule has 0 radical (unpaired) electrons. The van der Waals surface area contributed by atoms with Crippen molar-refractivity contribution in [1.29, 1.82) is 0 Å². The van der Waals surface area contributed by atoms with Gasteiger partial charge >= 0.3 is 0 Å². The number of phenols is 1. The van der Waals surface area contributed by atoms with Crippen LogP contribution in [0.2, 0.25) is 0 Å². The number of thioether (sulfide) groups is 1. The molecule has 1 aromatic heterocycles. The molecule has 0 saturated heterocycles. The van der Waals surface area contributed by atoms with Crippen LogP contribution >= 0.6 is 55.0 Å². The van der Waals surface area contributed by atoms with E-state index >= 15 is 0 Å². The predicted molar refractivity (Wildman–Crippen MR) is 144 cm³/mol. The highest BCUT2D eigenvalue weighted by Crippen LogP contribution is 2.33. The lowest BCUT2D eigenvalue weighted by molar-refractivity contribution is -0.119. The highest BCUT2D eigenvalue weighted by Gasteiger charge is 2.12. The predicted octanol–water partition coefficient (Wildman–Crippen LogP) is 7.25. The van der Waals surface area contributed by atoms with E-state index in [1.807, 2.05) is 55.5 Å². The van der Waals surface area contributed by atoms with Crippen LogP contribution in [0.25, 0.3) is 10.2 Å². The minimum Gasteiger partial charge on any atom is -0.506 e. The zero-order chi connectivity index (χ0) is 23.4. The van der Waals surface area contributed by atoms with Crippen LogP contribution in [0.5, 0.6) is 5.75 Å². The first kappa shape index (κ1) is 23.9. The van der Waals surface area contributed by atoms with Gasteiger partial charge in [0.25, 0.3) is 0 Å². The Morgan fingerprint density at radius 1 is 1.21 bits per heavy atom. The molecule has 1 atom stereocenters. The summed E-state index contributed by atoms with van der Waals surface area (Å²) in [5.41, 5.74) is 3.31. The van der Waals surface area contributed by atoms with Crippen molar-refractivity contribution in [3.05, 3.63) is 80.7 Å². The first-order valence-corrected chi connectivity index (χ1v) is 13.4. The van der Waals surface area contributed by atoms with Crippen LogP contribution in [0, 0.1) is 0 Å². The summed E-state index contributed by atoms with van der Waals surface area (Å²) < 4.78 is 3.27. The van der Waals surface area contributed by atoms with Gasteiger partial charge in [-0.05, 0) is 58.7 Å². The van der Waals surface area contributed by atoms with E-state index in [0.29, 0.717) is 15.8 Å². The van der Waals surface area contributed by atoms with Crippen molar-refractivity contribution in [2.24, 2.45) is 4.99 Å². The lowest BCUT2D eigenvalue weighted by Crippen LogP contribution is -2.28. The largest absolute Gasteiger partial charge is 0.506 e. The molecule has 9 heteroatoms. The molecule has 0 unspecified atom stereocenters. The van der Waals surface area contributed by atoms with Crippen LogP contribution in [0.15, 0.2) is 78.9 Å². The normalized spacial score (nSPS) is 12.3. The fraction of sp³-hybridized carbons (Fsp3) is 0.125. The standard InChI is InChI=1S/C24H19Br2N3O2S2/c1-14(15-5-3-2-4-6-15)28-22(30)13-32-24-29-20-8-7-18(11-21(20)33-24)27-12-16-9-17(25)10-19(26)23(16)31/h2-12,14,31H,13H2,1H3,(H,28,30)/t14-/m0/s1. The molecule has 3 aromatic carbocycles. The van der Waals surface area contributed by atoms with E-state index in [2.05, 4.69) is 47.2 Å². The third-order valence-electron chi connectivity index (χ3n) is 4.77. The van der Waals surface area contributed by atoms with Gasteiger partial charge in [-0.15, -0.1) is 11.3 Å². The number of nitrogens with zero attached hydrogens (tertiary/aromatic N) is 2. The Morgan fingerprint density at radius 3 is 2.79 bits per heavy atom. The summed E-state index contributed by atoms with van der Waals surface area (Å²) in [7, 11) is 0. The molecule has 33 heavy (non-hydrogen) atoms. The molecule has 0 bridgehead atoms. The summed E-state index contributed by atoms with van der Waals surface area (Å²) in [6, 6.07) is 19.2. The average Bonchev–Trinajstić information content (AvgIpc) is 3.22. The number of rotatable bonds is 7. The molecule has 0 fully saturated rings. The lowest BCUT2D eigenvalue weighted by atomic mass is 10.1. The number of carbonyl (C=O) groups excluding carboxylic acids is 1. The first-order chi connectivity index (χ1) is 15.9. The van der Waals surface area contributed by atoms with E-state index < -0.39 is 0 Å². The van der Waals surface area contributed by atoms with Crippen molar-refractivity contribution >= 4 is 83.0 Å². The Labute approximate surface area is 216 Å². The third kappa shape index (κ3) is 6.23. The van der Waals surface area contributed by atoms with E-state index in [0.717, 1.165) is 30.3 Å². The van der Waals surface area contributed by atoms with Crippen molar-refractivity contribution in [1.82, 2.24) is 10.3 Å². The second-order valence-electron chi connectivity index (χ2n) is 7.20. The quantitative estimate of drug-likeness (QED) is 0.172. The van der Waals surface area contributed by atoms with Gasteiger partial charge in [-0.2, -0.15) is 0 Å². The smallest absolute Gasteiger partial charge is 0.230 e. The van der Waals surface area contributed by atoms with Gasteiger partial charge in [0.05, 0.1) is 32.2 Å². The summed E-state index contributed by atoms with van der Waals surface area (Å²) in [5, 5.41) is 13.2. The van der Waals surface area contributed by atoms with E-state index in [9.17, 15) is 9.90 Å². The molecule has 0 saturated carbocycles. The second-order valence-corrected chi connectivity index (χ2v) is 11.2. The zero-order valence-electron chi connectivity index (χ0n) is 17.5. The van der Waals surface area contributed by atoms with E-state index in [4.69, 9.17) is 0 Å². The molecule has 0 aliphatic heterocycles. The molecule has 168 valence electrons. The molecular formula is C24H19Br2N3O2S2. The fourth-order valence-electron chi connectivity index (χ4n) is 3.10. The first-order valence-electron chi connectivity index (χ1n) is 9.99. The molecule has 0 spiro atoms. The maximum Gasteiger partial charge on any atom is 0.230 e. The van der Waals surface area contributed by atoms with Gasteiger partial charge < -0.3 is 10.4 Å². The number of hydrogen-bond acceptors (Lipinski definition) is 6. The van der Waals surface area contributed by atoms with Gasteiger partial charge in [0, 0.05) is 16.3 Å². The summed E-state index contributed by atoms with van der Waals surface area (Å²) >= 11 is 9.71.